The second-order valence-electron chi connectivity index (χ2n) is 3.44. The third-order valence-electron chi connectivity index (χ3n) is 1.48. The fourth-order valence-electron chi connectivity index (χ4n) is 0.755. The Balaban J connectivity index is 3.38. The molecule has 0 unspecified atom stereocenters. The summed E-state index contributed by atoms with van der Waals surface area (Å²) in [7, 11) is 0. The van der Waals surface area contributed by atoms with E-state index >= 15 is 0 Å². The van der Waals surface area contributed by atoms with Crippen LogP contribution in [0.2, 0.25) is 0 Å². The maximum absolute atomic E-state index is 9.30. The molecule has 1 N–H and O–H groups in total. The van der Waals surface area contributed by atoms with Crippen molar-refractivity contribution < 1.29 is 5.11 Å². The number of hydrogen-bond acceptors (Lipinski definition) is 1. The number of hydrogen-bond donors (Lipinski definition) is 1. The number of aliphatic hydroxyl groups excluding tert-OH is 1. The lowest BCUT2D eigenvalue weighted by Crippen LogP contribution is -2.16. The average molecular weight is 130 g/mol. The molecule has 0 spiro atoms. The van der Waals surface area contributed by atoms with E-state index in [-0.39, 0.29) is 6.10 Å². The summed E-state index contributed by atoms with van der Waals surface area (Å²) in [5.74, 6) is 1.02. The van der Waals surface area contributed by atoms with Crippen LogP contribution >= 0.6 is 0 Å². The Bertz CT molecular complexity index is 67.0. The molecule has 0 aromatic carbocycles. The van der Waals surface area contributed by atoms with Crippen molar-refractivity contribution in [2.45, 2.75) is 40.2 Å². The van der Waals surface area contributed by atoms with Gasteiger partial charge in [0.15, 0.2) is 0 Å². The Morgan fingerprint density at radius 1 is 1.11 bits per heavy atom. The fourth-order valence-corrected chi connectivity index (χ4v) is 0.755. The zero-order chi connectivity index (χ0) is 7.44. The summed E-state index contributed by atoms with van der Waals surface area (Å²) in [4.78, 5) is 0. The predicted octanol–water partition coefficient (Wildman–Crippen LogP) is 2.05. The average Bonchev–Trinajstić information content (AvgIpc) is 1.63. The molecule has 0 aliphatic carbocycles. The molecule has 1 heteroatoms. The zero-order valence-electron chi connectivity index (χ0n) is 6.89. The third kappa shape index (κ3) is 4.46. The summed E-state index contributed by atoms with van der Waals surface area (Å²) in [6.07, 6.45) is 0.822. The van der Waals surface area contributed by atoms with Gasteiger partial charge in [0.05, 0.1) is 6.10 Å². The first kappa shape index (κ1) is 8.96. The molecule has 0 aliphatic heterocycles. The lowest BCUT2D eigenvalue weighted by atomic mass is 9.98. The van der Waals surface area contributed by atoms with Crippen LogP contribution in [0.5, 0.6) is 0 Å². The van der Waals surface area contributed by atoms with E-state index < -0.39 is 0 Å². The Morgan fingerprint density at radius 3 is 1.67 bits per heavy atom. The normalized spacial score (nSPS) is 15.0. The van der Waals surface area contributed by atoms with Crippen molar-refractivity contribution >= 4 is 0 Å². The summed E-state index contributed by atoms with van der Waals surface area (Å²) in [5, 5.41) is 9.30. The minimum absolute atomic E-state index is 0.106. The smallest absolute Gasteiger partial charge is 0.0565 e. The van der Waals surface area contributed by atoms with Crippen molar-refractivity contribution in [1.29, 1.82) is 0 Å². The van der Waals surface area contributed by atoms with E-state index in [2.05, 4.69) is 13.8 Å². The molecular weight excluding hydrogens is 112 g/mol. The maximum Gasteiger partial charge on any atom is 0.0565 e. The zero-order valence-corrected chi connectivity index (χ0v) is 6.89. The Hall–Kier alpha value is -0.0400. The number of aliphatic hydroxyl groups is 1. The van der Waals surface area contributed by atoms with Crippen molar-refractivity contribution in [2.24, 2.45) is 11.8 Å². The van der Waals surface area contributed by atoms with E-state index in [4.69, 9.17) is 0 Å². The summed E-state index contributed by atoms with van der Waals surface area (Å²) < 4.78 is 0. The third-order valence-corrected chi connectivity index (χ3v) is 1.48. The Labute approximate surface area is 58.1 Å². The van der Waals surface area contributed by atoms with Crippen LogP contribution in [-0.2, 0) is 0 Å². The van der Waals surface area contributed by atoms with Gasteiger partial charge >= 0.3 is 0 Å². The summed E-state index contributed by atoms with van der Waals surface area (Å²) in [6.45, 7) is 8.36. The molecule has 0 aromatic heterocycles. The summed E-state index contributed by atoms with van der Waals surface area (Å²) >= 11 is 0. The van der Waals surface area contributed by atoms with Gasteiger partial charge in [0, 0.05) is 0 Å². The van der Waals surface area contributed by atoms with Gasteiger partial charge in [0.1, 0.15) is 0 Å². The lowest BCUT2D eigenvalue weighted by Gasteiger charge is -2.15. The van der Waals surface area contributed by atoms with Gasteiger partial charge in [0.25, 0.3) is 0 Å². The summed E-state index contributed by atoms with van der Waals surface area (Å²) in [5.41, 5.74) is 0. The van der Waals surface area contributed by atoms with Crippen LogP contribution in [0.3, 0.4) is 0 Å². The topological polar surface area (TPSA) is 20.2 Å². The van der Waals surface area contributed by atoms with Gasteiger partial charge in [-0.3, -0.25) is 0 Å². The van der Waals surface area contributed by atoms with Gasteiger partial charge in [-0.2, -0.15) is 0 Å². The van der Waals surface area contributed by atoms with Crippen molar-refractivity contribution in [3.05, 3.63) is 0 Å². The molecule has 0 rings (SSSR count). The van der Waals surface area contributed by atoms with Crippen molar-refractivity contribution in [2.75, 3.05) is 0 Å². The Morgan fingerprint density at radius 2 is 1.56 bits per heavy atom. The van der Waals surface area contributed by atoms with Crippen LogP contribution in [0.4, 0.5) is 0 Å². The van der Waals surface area contributed by atoms with Crippen molar-refractivity contribution in [3.8, 4) is 0 Å². The highest BCUT2D eigenvalue weighted by atomic mass is 16.3. The molecule has 0 saturated carbocycles. The second kappa shape index (κ2) is 3.89. The molecule has 0 radical (unpaired) electrons. The van der Waals surface area contributed by atoms with Crippen LogP contribution in [0, 0.1) is 11.8 Å². The quantitative estimate of drug-likeness (QED) is 0.620. The van der Waals surface area contributed by atoms with E-state index in [0.717, 1.165) is 6.42 Å². The van der Waals surface area contributed by atoms with Gasteiger partial charge < -0.3 is 5.11 Å². The van der Waals surface area contributed by atoms with Gasteiger partial charge in [-0.05, 0) is 18.3 Å². The molecular formula is C8H18O. The van der Waals surface area contributed by atoms with Gasteiger partial charge in [-0.15, -0.1) is 0 Å². The van der Waals surface area contributed by atoms with E-state index in [0.29, 0.717) is 11.8 Å². The van der Waals surface area contributed by atoms with Gasteiger partial charge in [0.2, 0.25) is 0 Å². The highest BCUT2D eigenvalue weighted by Gasteiger charge is 2.09. The van der Waals surface area contributed by atoms with E-state index in [1.807, 2.05) is 13.8 Å². The molecule has 0 aliphatic rings. The molecule has 0 aromatic rings. The van der Waals surface area contributed by atoms with E-state index in [1.54, 1.807) is 0 Å². The van der Waals surface area contributed by atoms with Crippen LogP contribution in [0.25, 0.3) is 0 Å². The highest BCUT2D eigenvalue weighted by molar-refractivity contribution is 4.61. The van der Waals surface area contributed by atoms with Gasteiger partial charge in [-0.25, -0.2) is 0 Å². The monoisotopic (exact) mass is 130 g/mol. The van der Waals surface area contributed by atoms with E-state index in [1.165, 1.54) is 0 Å². The van der Waals surface area contributed by atoms with Crippen LogP contribution in [-0.4, -0.2) is 11.2 Å². The first-order chi connectivity index (χ1) is 4.04. The molecule has 0 bridgehead atoms. The summed E-state index contributed by atoms with van der Waals surface area (Å²) in [6, 6.07) is 0. The highest BCUT2D eigenvalue weighted by Crippen LogP contribution is 2.11. The van der Waals surface area contributed by atoms with E-state index in [9.17, 15) is 5.11 Å². The molecule has 0 amide bonds. The molecule has 0 saturated heterocycles. The molecule has 1 nitrogen and oxygen atoms in total. The van der Waals surface area contributed by atoms with Crippen LogP contribution in [0.1, 0.15) is 34.1 Å². The molecule has 9 heavy (non-hydrogen) atoms. The second-order valence-corrected chi connectivity index (χ2v) is 3.44. The number of rotatable bonds is 3. The van der Waals surface area contributed by atoms with Crippen molar-refractivity contribution in [3.63, 3.8) is 0 Å². The Kier molecular flexibility index (Phi) is 3.87. The minimum Gasteiger partial charge on any atom is -0.393 e. The lowest BCUT2D eigenvalue weighted by molar-refractivity contribution is 0.103. The molecule has 0 heterocycles. The van der Waals surface area contributed by atoms with Gasteiger partial charge in [-0.1, -0.05) is 27.7 Å². The van der Waals surface area contributed by atoms with Crippen LogP contribution in [0.15, 0.2) is 0 Å². The maximum atomic E-state index is 9.30. The molecule has 0 fully saturated rings. The SMILES string of the molecule is CC(C)C[C@@H](O)C(C)C. The first-order valence-corrected chi connectivity index (χ1v) is 3.72. The molecule has 56 valence electrons. The fraction of sp³-hybridized carbons (Fsp3) is 1.00. The molecule has 1 atom stereocenters. The van der Waals surface area contributed by atoms with Crippen LogP contribution < -0.4 is 0 Å². The minimum atomic E-state index is -0.106. The standard InChI is InChI=1S/C8H18O/c1-6(2)5-8(9)7(3)4/h6-9H,5H2,1-4H3/t8-/m1/s1. The largest absolute Gasteiger partial charge is 0.393 e. The predicted molar refractivity (Wildman–Crippen MR) is 40.3 cm³/mol. The first-order valence-electron chi connectivity index (χ1n) is 3.72. The van der Waals surface area contributed by atoms with Crippen molar-refractivity contribution in [1.82, 2.24) is 0 Å².